The van der Waals surface area contributed by atoms with Crippen molar-refractivity contribution in [3.8, 4) is 5.75 Å². The third-order valence-corrected chi connectivity index (χ3v) is 4.47. The number of nitrogens with zero attached hydrogens (tertiary/aromatic N) is 3. The predicted molar refractivity (Wildman–Crippen MR) is 101 cm³/mol. The normalized spacial score (nSPS) is 15.8. The number of amides is 2. The molecule has 0 saturated carbocycles. The molecule has 14 heteroatoms. The fraction of sp³-hybridized carbons (Fsp3) is 0.529. The van der Waals surface area contributed by atoms with Gasteiger partial charge in [-0.25, -0.2) is 0 Å². The van der Waals surface area contributed by atoms with Crippen LogP contribution < -0.4 is 10.5 Å². The number of hydrogen-bond acceptors (Lipinski definition) is 11. The molecule has 3 N–H and O–H groups in total. The van der Waals surface area contributed by atoms with Gasteiger partial charge in [0.05, 0.1) is 17.7 Å². The Morgan fingerprint density at radius 2 is 1.81 bits per heavy atom. The molecule has 0 bridgehead atoms. The maximum absolute atomic E-state index is 12.6. The minimum Gasteiger partial charge on any atom is -0.491 e. The fourth-order valence-corrected chi connectivity index (χ4v) is 2.94. The number of rotatable bonds is 13. The summed E-state index contributed by atoms with van der Waals surface area (Å²) in [5.41, 5.74) is 5.82. The minimum absolute atomic E-state index is 0.0232. The average Bonchev–Trinajstić information content (AvgIpc) is 2.94. The van der Waals surface area contributed by atoms with Crippen LogP contribution in [0.4, 0.5) is 0 Å². The van der Waals surface area contributed by atoms with Gasteiger partial charge in [0.2, 0.25) is 0 Å². The van der Waals surface area contributed by atoms with Gasteiger partial charge in [0.15, 0.2) is 0 Å². The molecule has 2 amide bonds. The second kappa shape index (κ2) is 10.5. The molecule has 0 saturated heterocycles. The summed E-state index contributed by atoms with van der Waals surface area (Å²) >= 11 is 0. The molecule has 1 aliphatic rings. The Labute approximate surface area is 175 Å². The number of fused-ring (bicyclic) bond motifs is 1. The van der Waals surface area contributed by atoms with Crippen molar-refractivity contribution in [1.82, 2.24) is 4.90 Å². The molecule has 170 valence electrons. The SMILES string of the molecule is CCCC(N)C(O)COc1ccc2c(c1)C(=O)N(CC(CO[N+](=O)[O-])O[N+](=O)[O-])C2=O. The molecule has 1 aromatic carbocycles. The first kappa shape index (κ1) is 23.8. The lowest BCUT2D eigenvalue weighted by Crippen LogP contribution is -2.41. The summed E-state index contributed by atoms with van der Waals surface area (Å²) < 4.78 is 5.46. The third kappa shape index (κ3) is 6.23. The molecule has 0 aromatic heterocycles. The lowest BCUT2D eigenvalue weighted by atomic mass is 10.1. The van der Waals surface area contributed by atoms with Gasteiger partial charge in [-0.3, -0.25) is 14.5 Å². The Morgan fingerprint density at radius 3 is 2.42 bits per heavy atom. The Bertz CT molecular complexity index is 848. The maximum atomic E-state index is 12.6. The van der Waals surface area contributed by atoms with Crippen molar-refractivity contribution in [2.75, 3.05) is 19.8 Å². The second-order valence-electron chi connectivity index (χ2n) is 6.73. The molecule has 3 atom stereocenters. The van der Waals surface area contributed by atoms with Crippen LogP contribution in [-0.2, 0) is 9.68 Å². The maximum Gasteiger partial charge on any atom is 0.294 e. The van der Waals surface area contributed by atoms with Crippen molar-refractivity contribution in [3.63, 3.8) is 0 Å². The quantitative estimate of drug-likeness (QED) is 0.235. The number of imide groups is 1. The summed E-state index contributed by atoms with van der Waals surface area (Å²) in [5.74, 6) is -1.33. The molecule has 1 aromatic rings. The molecule has 0 aliphatic carbocycles. The van der Waals surface area contributed by atoms with E-state index in [9.17, 15) is 34.9 Å². The topological polar surface area (TPSA) is 198 Å². The number of hydrogen-bond donors (Lipinski definition) is 2. The number of carbonyl (C=O) groups is 2. The largest absolute Gasteiger partial charge is 0.491 e. The van der Waals surface area contributed by atoms with E-state index in [1.54, 1.807) is 0 Å². The zero-order valence-electron chi connectivity index (χ0n) is 16.5. The Kier molecular flexibility index (Phi) is 8.04. The lowest BCUT2D eigenvalue weighted by molar-refractivity contribution is -0.789. The van der Waals surface area contributed by atoms with E-state index in [0.29, 0.717) is 11.3 Å². The summed E-state index contributed by atoms with van der Waals surface area (Å²) in [6.07, 6.45) is -1.10. The van der Waals surface area contributed by atoms with Crippen molar-refractivity contribution in [1.29, 1.82) is 0 Å². The van der Waals surface area contributed by atoms with Gasteiger partial charge in [0, 0.05) is 6.04 Å². The zero-order chi connectivity index (χ0) is 23.1. The Balaban J connectivity index is 2.09. The van der Waals surface area contributed by atoms with Crippen LogP contribution in [0, 0.1) is 20.2 Å². The molecule has 31 heavy (non-hydrogen) atoms. The van der Waals surface area contributed by atoms with Gasteiger partial charge in [-0.15, -0.1) is 20.2 Å². The number of aliphatic hydroxyl groups is 1. The number of ether oxygens (including phenoxy) is 1. The molecular formula is C17H22N4O10. The molecule has 0 fully saturated rings. The monoisotopic (exact) mass is 442 g/mol. The summed E-state index contributed by atoms with van der Waals surface area (Å²) in [5, 5.41) is 28.5. The minimum atomic E-state index is -1.56. The summed E-state index contributed by atoms with van der Waals surface area (Å²) in [6.45, 7) is 0.309. The van der Waals surface area contributed by atoms with Crippen LogP contribution in [0.1, 0.15) is 40.5 Å². The number of aliphatic hydroxyl groups excluding tert-OH is 1. The van der Waals surface area contributed by atoms with Gasteiger partial charge < -0.3 is 25.3 Å². The standard InChI is InChI=1S/C17H22N4O10/c1-2-3-14(18)15(22)9-29-10-4-5-12-13(6-10)17(24)19(16(12)23)7-11(31-21(27)28)8-30-20(25)26/h4-6,11,14-15,22H,2-3,7-9,18H2,1H3. The molecule has 0 radical (unpaired) electrons. The smallest absolute Gasteiger partial charge is 0.294 e. The van der Waals surface area contributed by atoms with Crippen LogP contribution in [0.25, 0.3) is 0 Å². The van der Waals surface area contributed by atoms with Crippen molar-refractivity contribution in [2.45, 2.75) is 38.0 Å². The summed E-state index contributed by atoms with van der Waals surface area (Å²) in [7, 11) is 0. The third-order valence-electron chi connectivity index (χ3n) is 4.47. The second-order valence-corrected chi connectivity index (χ2v) is 6.73. The van der Waals surface area contributed by atoms with Crippen LogP contribution in [0.15, 0.2) is 18.2 Å². The lowest BCUT2D eigenvalue weighted by Gasteiger charge is -2.20. The van der Waals surface area contributed by atoms with Crippen molar-refractivity contribution >= 4 is 11.8 Å². The van der Waals surface area contributed by atoms with Crippen LogP contribution in [-0.4, -0.2) is 70.0 Å². The summed E-state index contributed by atoms with van der Waals surface area (Å²) in [6, 6.07) is 3.58. The van der Waals surface area contributed by atoms with E-state index in [1.807, 2.05) is 6.92 Å². The molecule has 2 rings (SSSR count). The van der Waals surface area contributed by atoms with Gasteiger partial charge in [-0.1, -0.05) is 13.3 Å². The van der Waals surface area contributed by atoms with E-state index in [0.717, 1.165) is 6.42 Å². The van der Waals surface area contributed by atoms with E-state index in [1.165, 1.54) is 18.2 Å². The molecule has 1 heterocycles. The van der Waals surface area contributed by atoms with E-state index >= 15 is 0 Å². The number of carbonyl (C=O) groups excluding carboxylic acids is 2. The van der Waals surface area contributed by atoms with Crippen LogP contribution in [0.5, 0.6) is 5.75 Å². The van der Waals surface area contributed by atoms with Crippen molar-refractivity contribution in [2.24, 2.45) is 5.73 Å². The molecular weight excluding hydrogens is 420 g/mol. The average molecular weight is 442 g/mol. The van der Waals surface area contributed by atoms with E-state index in [4.69, 9.17) is 10.5 Å². The molecule has 14 nitrogen and oxygen atoms in total. The van der Waals surface area contributed by atoms with Gasteiger partial charge in [-0.05, 0) is 24.6 Å². The van der Waals surface area contributed by atoms with E-state index in [-0.39, 0.29) is 23.5 Å². The highest BCUT2D eigenvalue weighted by molar-refractivity contribution is 6.21. The fourth-order valence-electron chi connectivity index (χ4n) is 2.94. The number of benzene rings is 1. The molecule has 1 aliphatic heterocycles. The van der Waals surface area contributed by atoms with E-state index in [2.05, 4.69) is 9.68 Å². The molecule has 3 unspecified atom stereocenters. The Hall–Kier alpha value is -3.52. The van der Waals surface area contributed by atoms with Crippen LogP contribution in [0.2, 0.25) is 0 Å². The van der Waals surface area contributed by atoms with Crippen molar-refractivity contribution < 1.29 is 39.3 Å². The van der Waals surface area contributed by atoms with Gasteiger partial charge in [-0.2, -0.15) is 0 Å². The first-order chi connectivity index (χ1) is 14.6. The van der Waals surface area contributed by atoms with Crippen LogP contribution in [0.3, 0.4) is 0 Å². The zero-order valence-corrected chi connectivity index (χ0v) is 16.5. The van der Waals surface area contributed by atoms with Crippen LogP contribution >= 0.6 is 0 Å². The van der Waals surface area contributed by atoms with Gasteiger partial charge in [0.25, 0.3) is 22.0 Å². The summed E-state index contributed by atoms with van der Waals surface area (Å²) in [4.78, 5) is 55.1. The highest BCUT2D eigenvalue weighted by atomic mass is 17.0. The predicted octanol–water partition coefficient (Wildman–Crippen LogP) is -0.0651. The number of nitrogens with two attached hydrogens (primary N) is 1. The van der Waals surface area contributed by atoms with Gasteiger partial charge >= 0.3 is 0 Å². The van der Waals surface area contributed by atoms with Gasteiger partial charge in [0.1, 0.15) is 31.2 Å². The Morgan fingerprint density at radius 1 is 1.13 bits per heavy atom. The highest BCUT2D eigenvalue weighted by Crippen LogP contribution is 2.27. The van der Waals surface area contributed by atoms with Crippen molar-refractivity contribution in [3.05, 3.63) is 49.6 Å². The van der Waals surface area contributed by atoms with E-state index < -0.39 is 53.4 Å². The first-order valence-electron chi connectivity index (χ1n) is 9.29. The molecule has 0 spiro atoms. The first-order valence-corrected chi connectivity index (χ1v) is 9.29. The highest BCUT2D eigenvalue weighted by Gasteiger charge is 2.38.